The van der Waals surface area contributed by atoms with Gasteiger partial charge in [0.05, 0.1) is 5.56 Å². The molecule has 1 N–H and O–H groups in total. The van der Waals surface area contributed by atoms with Crippen molar-refractivity contribution in [3.05, 3.63) is 70.2 Å². The molecule has 28 heavy (non-hydrogen) atoms. The number of aliphatic carboxylic acids is 1. The summed E-state index contributed by atoms with van der Waals surface area (Å²) in [6.07, 6.45) is -2.95. The van der Waals surface area contributed by atoms with Crippen LogP contribution in [-0.2, 0) is 17.5 Å². The van der Waals surface area contributed by atoms with E-state index in [4.69, 9.17) is 16.7 Å². The third kappa shape index (κ3) is 5.26. The molecule has 2 atom stereocenters. The molecule has 2 aromatic carbocycles. The molecule has 1 aliphatic heterocycles. The van der Waals surface area contributed by atoms with Gasteiger partial charge in [-0.25, -0.2) is 0 Å². The largest absolute Gasteiger partial charge is 0.481 e. The number of alkyl halides is 3. The normalized spacial score (nSPS) is 20.9. The number of carboxylic acid groups (broad SMARTS) is 1. The average molecular weight is 412 g/mol. The Bertz CT molecular complexity index is 806. The average Bonchev–Trinajstić information content (AvgIpc) is 2.64. The summed E-state index contributed by atoms with van der Waals surface area (Å²) in [7, 11) is 0. The van der Waals surface area contributed by atoms with Crippen molar-refractivity contribution in [3.63, 3.8) is 0 Å². The second-order valence-corrected chi connectivity index (χ2v) is 7.66. The van der Waals surface area contributed by atoms with Crippen molar-refractivity contribution in [1.82, 2.24) is 4.90 Å². The van der Waals surface area contributed by atoms with Gasteiger partial charge in [-0.15, -0.1) is 0 Å². The fourth-order valence-corrected chi connectivity index (χ4v) is 3.90. The summed E-state index contributed by atoms with van der Waals surface area (Å²) < 4.78 is 38.6. The van der Waals surface area contributed by atoms with Crippen LogP contribution in [0.3, 0.4) is 0 Å². The van der Waals surface area contributed by atoms with Gasteiger partial charge in [-0.1, -0.05) is 35.9 Å². The Morgan fingerprint density at radius 1 is 1.11 bits per heavy atom. The Labute approximate surface area is 166 Å². The number of carbonyl (C=O) groups is 1. The number of rotatable bonds is 5. The zero-order valence-electron chi connectivity index (χ0n) is 15.1. The van der Waals surface area contributed by atoms with E-state index in [-0.39, 0.29) is 18.4 Å². The molecule has 1 saturated heterocycles. The lowest BCUT2D eigenvalue weighted by Crippen LogP contribution is -2.37. The van der Waals surface area contributed by atoms with E-state index in [0.717, 1.165) is 29.7 Å². The van der Waals surface area contributed by atoms with E-state index in [9.17, 15) is 18.0 Å². The van der Waals surface area contributed by atoms with Crippen LogP contribution in [0.1, 0.15) is 42.0 Å². The molecule has 2 unspecified atom stereocenters. The predicted molar refractivity (Wildman–Crippen MR) is 101 cm³/mol. The molecule has 0 bridgehead atoms. The van der Waals surface area contributed by atoms with Crippen LogP contribution in [0.5, 0.6) is 0 Å². The molecular weight excluding hydrogens is 391 g/mol. The minimum Gasteiger partial charge on any atom is -0.481 e. The van der Waals surface area contributed by atoms with Gasteiger partial charge in [0.15, 0.2) is 0 Å². The van der Waals surface area contributed by atoms with Crippen molar-refractivity contribution >= 4 is 17.6 Å². The number of benzene rings is 2. The standard InChI is InChI=1S/C21H21ClF3NO2/c22-18-7-1-14(2-8-18)13-26-10-9-15(12-20(27)28)11-19(26)16-3-5-17(6-4-16)21(23,24)25/h1-8,15,19H,9-13H2,(H,27,28). The first-order valence-electron chi connectivity index (χ1n) is 9.10. The van der Waals surface area contributed by atoms with Crippen LogP contribution >= 0.6 is 11.6 Å². The number of hydrogen-bond acceptors (Lipinski definition) is 2. The number of halogens is 4. The van der Waals surface area contributed by atoms with E-state index in [1.165, 1.54) is 12.1 Å². The number of hydrogen-bond donors (Lipinski definition) is 1. The van der Waals surface area contributed by atoms with Crippen molar-refractivity contribution in [2.24, 2.45) is 5.92 Å². The van der Waals surface area contributed by atoms with Gasteiger partial charge in [0.2, 0.25) is 0 Å². The van der Waals surface area contributed by atoms with Crippen molar-refractivity contribution in [3.8, 4) is 0 Å². The zero-order valence-corrected chi connectivity index (χ0v) is 15.9. The molecule has 150 valence electrons. The van der Waals surface area contributed by atoms with Crippen LogP contribution < -0.4 is 0 Å². The summed E-state index contributed by atoms with van der Waals surface area (Å²) in [5.74, 6) is -0.839. The first-order chi connectivity index (χ1) is 13.2. The fourth-order valence-electron chi connectivity index (χ4n) is 3.77. The number of carboxylic acids is 1. The molecule has 3 nitrogen and oxygen atoms in total. The molecular formula is C21H21ClF3NO2. The van der Waals surface area contributed by atoms with Crippen LogP contribution in [0.15, 0.2) is 48.5 Å². The second-order valence-electron chi connectivity index (χ2n) is 7.22. The molecule has 0 aliphatic carbocycles. The maximum absolute atomic E-state index is 12.9. The van der Waals surface area contributed by atoms with Crippen LogP contribution in [0.25, 0.3) is 0 Å². The van der Waals surface area contributed by atoms with Gasteiger partial charge in [0.1, 0.15) is 0 Å². The first kappa shape index (κ1) is 20.7. The Morgan fingerprint density at radius 2 is 1.75 bits per heavy atom. The molecule has 7 heteroatoms. The van der Waals surface area contributed by atoms with Crippen LogP contribution in [-0.4, -0.2) is 22.5 Å². The number of likely N-dealkylation sites (tertiary alicyclic amines) is 1. The van der Waals surface area contributed by atoms with Gasteiger partial charge in [-0.3, -0.25) is 9.69 Å². The van der Waals surface area contributed by atoms with Crippen LogP contribution in [0.4, 0.5) is 13.2 Å². The third-order valence-electron chi connectivity index (χ3n) is 5.21. The lowest BCUT2D eigenvalue weighted by molar-refractivity contribution is -0.139. The van der Waals surface area contributed by atoms with E-state index in [0.29, 0.717) is 24.5 Å². The van der Waals surface area contributed by atoms with Crippen LogP contribution in [0.2, 0.25) is 5.02 Å². The molecule has 1 aliphatic rings. The Hall–Kier alpha value is -2.05. The maximum Gasteiger partial charge on any atom is 0.416 e. The summed E-state index contributed by atoms with van der Waals surface area (Å²) in [5, 5.41) is 9.77. The molecule has 3 rings (SSSR count). The van der Waals surface area contributed by atoms with Gasteiger partial charge in [-0.05, 0) is 60.7 Å². The predicted octanol–water partition coefficient (Wildman–Crippen LogP) is 5.79. The highest BCUT2D eigenvalue weighted by atomic mass is 35.5. The molecule has 0 spiro atoms. The molecule has 0 radical (unpaired) electrons. The third-order valence-corrected chi connectivity index (χ3v) is 5.46. The molecule has 2 aromatic rings. The SMILES string of the molecule is O=C(O)CC1CCN(Cc2ccc(Cl)cc2)C(c2ccc(C(F)(F)F)cc2)C1. The number of piperidine rings is 1. The lowest BCUT2D eigenvalue weighted by atomic mass is 9.84. The number of nitrogens with zero attached hydrogens (tertiary/aromatic N) is 1. The van der Waals surface area contributed by atoms with Gasteiger partial charge in [-0.2, -0.15) is 13.2 Å². The first-order valence-corrected chi connectivity index (χ1v) is 9.47. The summed E-state index contributed by atoms with van der Waals surface area (Å²) in [6.45, 7) is 1.31. The van der Waals surface area contributed by atoms with E-state index in [1.807, 2.05) is 12.1 Å². The van der Waals surface area contributed by atoms with Gasteiger partial charge >= 0.3 is 12.1 Å². The Morgan fingerprint density at radius 3 is 2.32 bits per heavy atom. The minimum atomic E-state index is -4.38. The Balaban J connectivity index is 1.83. The van der Waals surface area contributed by atoms with Crippen molar-refractivity contribution < 1.29 is 23.1 Å². The topological polar surface area (TPSA) is 40.5 Å². The van der Waals surface area contributed by atoms with Crippen molar-refractivity contribution in [2.45, 2.75) is 38.0 Å². The van der Waals surface area contributed by atoms with E-state index in [1.54, 1.807) is 12.1 Å². The van der Waals surface area contributed by atoms with Crippen LogP contribution in [0, 0.1) is 5.92 Å². The monoisotopic (exact) mass is 411 g/mol. The molecule has 0 aromatic heterocycles. The fraction of sp³-hybridized carbons (Fsp3) is 0.381. The van der Waals surface area contributed by atoms with Gasteiger partial charge in [0, 0.05) is 24.0 Å². The highest BCUT2D eigenvalue weighted by Gasteiger charge is 2.33. The summed E-state index contributed by atoms with van der Waals surface area (Å²) in [4.78, 5) is 13.3. The molecule has 0 amide bonds. The highest BCUT2D eigenvalue weighted by molar-refractivity contribution is 6.30. The molecule has 1 fully saturated rings. The smallest absolute Gasteiger partial charge is 0.416 e. The summed E-state index contributed by atoms with van der Waals surface area (Å²) in [6, 6.07) is 12.5. The van der Waals surface area contributed by atoms with E-state index in [2.05, 4.69) is 4.90 Å². The highest BCUT2D eigenvalue weighted by Crippen LogP contribution is 2.38. The lowest BCUT2D eigenvalue weighted by Gasteiger charge is -2.39. The van der Waals surface area contributed by atoms with Gasteiger partial charge in [0.25, 0.3) is 0 Å². The van der Waals surface area contributed by atoms with E-state index >= 15 is 0 Å². The molecule has 1 heterocycles. The summed E-state index contributed by atoms with van der Waals surface area (Å²) in [5.41, 5.74) is 1.15. The van der Waals surface area contributed by atoms with Gasteiger partial charge < -0.3 is 5.11 Å². The van der Waals surface area contributed by atoms with Crippen molar-refractivity contribution in [2.75, 3.05) is 6.54 Å². The summed E-state index contributed by atoms with van der Waals surface area (Å²) >= 11 is 5.94. The maximum atomic E-state index is 12.9. The second kappa shape index (κ2) is 8.53. The zero-order chi connectivity index (χ0) is 20.3. The molecule has 0 saturated carbocycles. The Kier molecular flexibility index (Phi) is 6.30. The minimum absolute atomic E-state index is 0.00580. The quantitative estimate of drug-likeness (QED) is 0.677. The van der Waals surface area contributed by atoms with E-state index < -0.39 is 17.7 Å². The van der Waals surface area contributed by atoms with Crippen molar-refractivity contribution in [1.29, 1.82) is 0 Å².